The van der Waals surface area contributed by atoms with Crippen molar-refractivity contribution >= 4 is 10.5 Å². The van der Waals surface area contributed by atoms with E-state index in [4.69, 9.17) is 4.43 Å². The van der Waals surface area contributed by atoms with Crippen LogP contribution >= 0.6 is 0 Å². The average molecular weight is 114 g/mol. The highest BCUT2D eigenvalue weighted by Gasteiger charge is 2.38. The van der Waals surface area contributed by atoms with E-state index in [9.17, 15) is 0 Å². The standard InChI is InChI=1S/C5H10OSi/c1-2-5(6-7)3-4-5/h2H,1,3-4H2,7H3. The number of hydrogen-bond donors (Lipinski definition) is 0. The molecule has 0 amide bonds. The summed E-state index contributed by atoms with van der Waals surface area (Å²) in [7, 11) is 0.848. The van der Waals surface area contributed by atoms with E-state index in [0.717, 1.165) is 10.5 Å². The summed E-state index contributed by atoms with van der Waals surface area (Å²) in [4.78, 5) is 0. The van der Waals surface area contributed by atoms with Crippen LogP contribution in [0.4, 0.5) is 0 Å². The molecule has 0 unspecified atom stereocenters. The molecule has 1 aliphatic rings. The first kappa shape index (κ1) is 5.06. The second-order valence-electron chi connectivity index (χ2n) is 1.97. The van der Waals surface area contributed by atoms with Crippen LogP contribution < -0.4 is 0 Å². The normalized spacial score (nSPS) is 24.6. The molecule has 2 heteroatoms. The zero-order valence-corrected chi connectivity index (χ0v) is 6.61. The highest BCUT2D eigenvalue weighted by atomic mass is 28.2. The van der Waals surface area contributed by atoms with Crippen LogP contribution in [0.15, 0.2) is 12.7 Å². The Balaban J connectivity index is 2.42. The molecule has 40 valence electrons. The van der Waals surface area contributed by atoms with Gasteiger partial charge in [0.2, 0.25) is 0 Å². The van der Waals surface area contributed by atoms with E-state index in [0.29, 0.717) is 0 Å². The lowest BCUT2D eigenvalue weighted by atomic mass is 10.3. The fourth-order valence-electron chi connectivity index (χ4n) is 0.615. The second kappa shape index (κ2) is 1.45. The predicted octanol–water partition coefficient (Wildman–Crippen LogP) is 0.00200. The Labute approximate surface area is 46.9 Å². The van der Waals surface area contributed by atoms with Gasteiger partial charge in [-0.15, -0.1) is 6.58 Å². The maximum absolute atomic E-state index is 5.22. The molecule has 0 spiro atoms. The van der Waals surface area contributed by atoms with Gasteiger partial charge in [-0.1, -0.05) is 6.08 Å². The van der Waals surface area contributed by atoms with E-state index in [-0.39, 0.29) is 5.60 Å². The third-order valence-electron chi connectivity index (χ3n) is 1.52. The van der Waals surface area contributed by atoms with Crippen LogP contribution in [0.5, 0.6) is 0 Å². The minimum Gasteiger partial charge on any atom is -0.419 e. The molecule has 0 N–H and O–H groups in total. The van der Waals surface area contributed by atoms with Gasteiger partial charge in [-0.25, -0.2) is 0 Å². The molecule has 0 heterocycles. The van der Waals surface area contributed by atoms with Crippen molar-refractivity contribution in [3.8, 4) is 0 Å². The predicted molar refractivity (Wildman–Crippen MR) is 33.2 cm³/mol. The van der Waals surface area contributed by atoms with Crippen LogP contribution in [0.3, 0.4) is 0 Å². The van der Waals surface area contributed by atoms with Gasteiger partial charge >= 0.3 is 0 Å². The zero-order chi connectivity index (χ0) is 5.33. The van der Waals surface area contributed by atoms with E-state index in [2.05, 4.69) is 6.58 Å². The molecular formula is C5H10OSi. The largest absolute Gasteiger partial charge is 0.419 e. The average Bonchev–Trinajstić information content (AvgIpc) is 2.46. The van der Waals surface area contributed by atoms with Gasteiger partial charge in [0.15, 0.2) is 0 Å². The van der Waals surface area contributed by atoms with Crippen molar-refractivity contribution in [1.82, 2.24) is 0 Å². The molecule has 1 aliphatic carbocycles. The first-order valence-corrected chi connectivity index (χ1v) is 3.33. The van der Waals surface area contributed by atoms with Crippen LogP contribution in [-0.2, 0) is 4.43 Å². The molecule has 0 aromatic heterocycles. The van der Waals surface area contributed by atoms with Crippen LogP contribution in [0, 0.1) is 0 Å². The summed E-state index contributed by atoms with van der Waals surface area (Å²) in [6.07, 6.45) is 4.31. The van der Waals surface area contributed by atoms with Gasteiger partial charge in [0.05, 0.1) is 5.60 Å². The second-order valence-corrected chi connectivity index (χ2v) is 2.38. The van der Waals surface area contributed by atoms with Crippen molar-refractivity contribution in [3.05, 3.63) is 12.7 Å². The van der Waals surface area contributed by atoms with E-state index in [1.807, 2.05) is 6.08 Å². The lowest BCUT2D eigenvalue weighted by Gasteiger charge is -2.03. The topological polar surface area (TPSA) is 9.23 Å². The zero-order valence-electron chi connectivity index (χ0n) is 4.61. The minimum absolute atomic E-state index is 0.159. The van der Waals surface area contributed by atoms with Gasteiger partial charge < -0.3 is 4.43 Å². The lowest BCUT2D eigenvalue weighted by Crippen LogP contribution is -2.05. The van der Waals surface area contributed by atoms with Crippen LogP contribution in [0.25, 0.3) is 0 Å². The first-order chi connectivity index (χ1) is 3.33. The fraction of sp³-hybridized carbons (Fsp3) is 0.600. The SMILES string of the molecule is C=CC1(O[SiH3])CC1. The number of rotatable bonds is 2. The van der Waals surface area contributed by atoms with Crippen LogP contribution in [0.2, 0.25) is 0 Å². The van der Waals surface area contributed by atoms with E-state index < -0.39 is 0 Å². The minimum atomic E-state index is 0.159. The highest BCUT2D eigenvalue weighted by Crippen LogP contribution is 2.39. The van der Waals surface area contributed by atoms with Crippen molar-refractivity contribution in [2.24, 2.45) is 0 Å². The molecule has 0 saturated heterocycles. The maximum Gasteiger partial charge on any atom is 0.147 e. The molecule has 0 aliphatic heterocycles. The molecule has 1 rings (SSSR count). The first-order valence-electron chi connectivity index (χ1n) is 2.52. The van der Waals surface area contributed by atoms with Crippen molar-refractivity contribution < 1.29 is 4.43 Å². The molecule has 1 fully saturated rings. The Kier molecular flexibility index (Phi) is 1.05. The van der Waals surface area contributed by atoms with E-state index in [1.54, 1.807) is 0 Å². The van der Waals surface area contributed by atoms with E-state index in [1.165, 1.54) is 12.8 Å². The Hall–Kier alpha value is -0.0831. The molecular weight excluding hydrogens is 104 g/mol. The highest BCUT2D eigenvalue weighted by molar-refractivity contribution is 5.98. The summed E-state index contributed by atoms with van der Waals surface area (Å²) in [6, 6.07) is 0. The molecule has 1 saturated carbocycles. The lowest BCUT2D eigenvalue weighted by molar-refractivity contribution is 0.255. The molecule has 0 atom stereocenters. The molecule has 0 aromatic rings. The summed E-state index contributed by atoms with van der Waals surface area (Å²) in [5.41, 5.74) is 0.159. The van der Waals surface area contributed by atoms with Crippen molar-refractivity contribution in [3.63, 3.8) is 0 Å². The molecule has 0 radical (unpaired) electrons. The van der Waals surface area contributed by atoms with E-state index >= 15 is 0 Å². The summed E-state index contributed by atoms with van der Waals surface area (Å²) in [6.45, 7) is 3.66. The molecule has 0 bridgehead atoms. The third kappa shape index (κ3) is 0.762. The van der Waals surface area contributed by atoms with Gasteiger partial charge in [-0.2, -0.15) is 0 Å². The van der Waals surface area contributed by atoms with Gasteiger partial charge in [0.1, 0.15) is 10.5 Å². The smallest absolute Gasteiger partial charge is 0.147 e. The summed E-state index contributed by atoms with van der Waals surface area (Å²) >= 11 is 0. The van der Waals surface area contributed by atoms with Crippen LogP contribution in [0.1, 0.15) is 12.8 Å². The van der Waals surface area contributed by atoms with Crippen molar-refractivity contribution in [1.29, 1.82) is 0 Å². The third-order valence-corrected chi connectivity index (χ3v) is 2.33. The van der Waals surface area contributed by atoms with Crippen LogP contribution in [-0.4, -0.2) is 16.1 Å². The molecule has 1 nitrogen and oxygen atoms in total. The Morgan fingerprint density at radius 3 is 2.29 bits per heavy atom. The summed E-state index contributed by atoms with van der Waals surface area (Å²) < 4.78 is 5.22. The molecule has 0 aromatic carbocycles. The van der Waals surface area contributed by atoms with Crippen molar-refractivity contribution in [2.45, 2.75) is 18.4 Å². The van der Waals surface area contributed by atoms with Gasteiger partial charge in [0, 0.05) is 0 Å². The van der Waals surface area contributed by atoms with Gasteiger partial charge in [-0.3, -0.25) is 0 Å². The van der Waals surface area contributed by atoms with Gasteiger partial charge in [0.25, 0.3) is 0 Å². The Bertz CT molecular complexity index is 86.1. The number of hydrogen-bond acceptors (Lipinski definition) is 1. The fourth-order valence-corrected chi connectivity index (χ4v) is 1.19. The quantitative estimate of drug-likeness (QED) is 0.363. The summed E-state index contributed by atoms with van der Waals surface area (Å²) in [5.74, 6) is 0. The monoisotopic (exact) mass is 114 g/mol. The summed E-state index contributed by atoms with van der Waals surface area (Å²) in [5, 5.41) is 0. The van der Waals surface area contributed by atoms with Gasteiger partial charge in [-0.05, 0) is 12.8 Å². The Morgan fingerprint density at radius 2 is 2.29 bits per heavy atom. The maximum atomic E-state index is 5.22. The van der Waals surface area contributed by atoms with Crippen molar-refractivity contribution in [2.75, 3.05) is 0 Å². The Morgan fingerprint density at radius 1 is 1.71 bits per heavy atom. The molecule has 7 heavy (non-hydrogen) atoms.